The SMILES string of the molecule is CCCCCC/C=C\C/C=C\CCCCCCCC(=O)OCC(COC(=O)CCCCCCCCCC)OC(=O)CCCCCCCCCCCCCCCC. The highest BCUT2D eigenvalue weighted by Gasteiger charge is 2.19. The van der Waals surface area contributed by atoms with Crippen LogP contribution in [0.2, 0.25) is 0 Å². The number of hydrogen-bond acceptors (Lipinski definition) is 6. The van der Waals surface area contributed by atoms with Crippen molar-refractivity contribution in [2.24, 2.45) is 0 Å². The molecule has 328 valence electrons. The van der Waals surface area contributed by atoms with Crippen LogP contribution in [0, 0.1) is 0 Å². The highest BCUT2D eigenvalue weighted by Crippen LogP contribution is 2.15. The van der Waals surface area contributed by atoms with Crippen molar-refractivity contribution in [3.05, 3.63) is 24.3 Å². The first-order valence-corrected chi connectivity index (χ1v) is 24.3. The Morgan fingerprint density at radius 3 is 1.00 bits per heavy atom. The van der Waals surface area contributed by atoms with Gasteiger partial charge in [0.1, 0.15) is 13.2 Å². The van der Waals surface area contributed by atoms with Crippen LogP contribution in [0.4, 0.5) is 0 Å². The van der Waals surface area contributed by atoms with Gasteiger partial charge in [0.25, 0.3) is 0 Å². The lowest BCUT2D eigenvalue weighted by molar-refractivity contribution is -0.167. The van der Waals surface area contributed by atoms with Gasteiger partial charge in [-0.1, -0.05) is 212 Å². The topological polar surface area (TPSA) is 78.9 Å². The van der Waals surface area contributed by atoms with Crippen LogP contribution in [0.1, 0.15) is 258 Å². The van der Waals surface area contributed by atoms with Crippen LogP contribution in [0.15, 0.2) is 24.3 Å². The Bertz CT molecular complexity index is 911. The van der Waals surface area contributed by atoms with Gasteiger partial charge < -0.3 is 14.2 Å². The summed E-state index contributed by atoms with van der Waals surface area (Å²) in [5, 5.41) is 0. The average molecular weight is 789 g/mol. The molecule has 0 N–H and O–H groups in total. The quantitative estimate of drug-likeness (QED) is 0.0265. The molecule has 0 spiro atoms. The molecule has 0 aromatic heterocycles. The molecule has 0 aromatic carbocycles. The number of ether oxygens (including phenoxy) is 3. The molecule has 56 heavy (non-hydrogen) atoms. The number of unbranched alkanes of at least 4 members (excludes halogenated alkanes) is 29. The molecule has 0 heterocycles. The number of rotatable bonds is 44. The van der Waals surface area contributed by atoms with E-state index in [9.17, 15) is 14.4 Å². The third kappa shape index (κ3) is 43.0. The minimum absolute atomic E-state index is 0.0720. The van der Waals surface area contributed by atoms with E-state index in [2.05, 4.69) is 45.1 Å². The zero-order valence-corrected chi connectivity index (χ0v) is 37.4. The monoisotopic (exact) mass is 789 g/mol. The predicted octanol–water partition coefficient (Wildman–Crippen LogP) is 15.6. The lowest BCUT2D eigenvalue weighted by Gasteiger charge is -2.18. The maximum Gasteiger partial charge on any atom is 0.306 e. The number of carbonyl (C=O) groups excluding carboxylic acids is 3. The Morgan fingerprint density at radius 2 is 0.643 bits per heavy atom. The molecule has 0 aliphatic rings. The van der Waals surface area contributed by atoms with E-state index in [0.717, 1.165) is 77.0 Å². The van der Waals surface area contributed by atoms with Crippen molar-refractivity contribution in [3.8, 4) is 0 Å². The summed E-state index contributed by atoms with van der Waals surface area (Å²) in [4.78, 5) is 37.7. The first-order valence-electron chi connectivity index (χ1n) is 24.3. The maximum atomic E-state index is 12.7. The summed E-state index contributed by atoms with van der Waals surface area (Å²) in [7, 11) is 0. The first kappa shape index (κ1) is 53.9. The smallest absolute Gasteiger partial charge is 0.306 e. The first-order chi connectivity index (χ1) is 27.5. The van der Waals surface area contributed by atoms with Crippen LogP contribution in [0.5, 0.6) is 0 Å². The van der Waals surface area contributed by atoms with Crippen molar-refractivity contribution in [1.29, 1.82) is 0 Å². The fraction of sp³-hybridized carbons (Fsp3) is 0.860. The summed E-state index contributed by atoms with van der Waals surface area (Å²) in [6.07, 6.45) is 50.2. The molecule has 0 saturated heterocycles. The molecule has 0 radical (unpaired) electrons. The standard InChI is InChI=1S/C50H92O6/c1-4-7-10-13-16-19-21-23-25-26-28-29-31-34-37-40-43-49(52)55-46-47(45-54-48(51)42-39-36-33-18-15-12-9-6-3)56-50(53)44-41-38-35-32-30-27-24-22-20-17-14-11-8-5-2/h19,21,25-26,47H,4-18,20,22-24,27-46H2,1-3H3/b21-19-,26-25-. The zero-order chi connectivity index (χ0) is 40.8. The molecule has 1 unspecified atom stereocenters. The van der Waals surface area contributed by atoms with Gasteiger partial charge in [-0.2, -0.15) is 0 Å². The molecule has 0 aliphatic heterocycles. The lowest BCUT2D eigenvalue weighted by atomic mass is 10.0. The number of carbonyl (C=O) groups is 3. The fourth-order valence-corrected chi connectivity index (χ4v) is 7.00. The van der Waals surface area contributed by atoms with E-state index in [1.165, 1.54) is 141 Å². The van der Waals surface area contributed by atoms with Gasteiger partial charge in [0, 0.05) is 19.3 Å². The van der Waals surface area contributed by atoms with Crippen LogP contribution in [0.3, 0.4) is 0 Å². The molecule has 0 aliphatic carbocycles. The van der Waals surface area contributed by atoms with Crippen LogP contribution >= 0.6 is 0 Å². The van der Waals surface area contributed by atoms with E-state index in [-0.39, 0.29) is 31.1 Å². The Balaban J connectivity index is 4.31. The van der Waals surface area contributed by atoms with Crippen molar-refractivity contribution >= 4 is 17.9 Å². The maximum absolute atomic E-state index is 12.7. The second-order valence-electron chi connectivity index (χ2n) is 16.4. The van der Waals surface area contributed by atoms with Crippen molar-refractivity contribution in [3.63, 3.8) is 0 Å². The van der Waals surface area contributed by atoms with Crippen molar-refractivity contribution in [1.82, 2.24) is 0 Å². The van der Waals surface area contributed by atoms with Crippen LogP contribution in [-0.4, -0.2) is 37.2 Å². The Hall–Kier alpha value is -2.11. The summed E-state index contributed by atoms with van der Waals surface area (Å²) in [5.41, 5.74) is 0. The average Bonchev–Trinajstić information content (AvgIpc) is 3.19. The molecule has 0 rings (SSSR count). The second kappa shape index (κ2) is 45.6. The van der Waals surface area contributed by atoms with Gasteiger partial charge in [0.2, 0.25) is 0 Å². The Labute approximate surface area is 347 Å². The van der Waals surface area contributed by atoms with Crippen molar-refractivity contribution in [2.75, 3.05) is 13.2 Å². The Morgan fingerprint density at radius 1 is 0.357 bits per heavy atom. The number of hydrogen-bond donors (Lipinski definition) is 0. The van der Waals surface area contributed by atoms with E-state index >= 15 is 0 Å². The van der Waals surface area contributed by atoms with Crippen LogP contribution in [-0.2, 0) is 28.6 Å². The molecule has 0 saturated carbocycles. The molecule has 0 bridgehead atoms. The highest BCUT2D eigenvalue weighted by molar-refractivity contribution is 5.71. The predicted molar refractivity (Wildman–Crippen MR) is 238 cm³/mol. The molecular formula is C50H92O6. The van der Waals surface area contributed by atoms with E-state index in [1.807, 2.05) is 0 Å². The molecular weight excluding hydrogens is 697 g/mol. The van der Waals surface area contributed by atoms with Crippen LogP contribution in [0.25, 0.3) is 0 Å². The van der Waals surface area contributed by atoms with E-state index < -0.39 is 6.10 Å². The summed E-state index contributed by atoms with van der Waals surface area (Å²) in [5.74, 6) is -0.881. The van der Waals surface area contributed by atoms with Gasteiger partial charge in [-0.05, 0) is 51.4 Å². The molecule has 0 aromatic rings. The number of esters is 3. The third-order valence-corrected chi connectivity index (χ3v) is 10.7. The molecule has 1 atom stereocenters. The minimum atomic E-state index is -0.769. The normalized spacial score (nSPS) is 12.1. The van der Waals surface area contributed by atoms with Crippen LogP contribution < -0.4 is 0 Å². The summed E-state index contributed by atoms with van der Waals surface area (Å²) in [6, 6.07) is 0. The minimum Gasteiger partial charge on any atom is -0.462 e. The van der Waals surface area contributed by atoms with Gasteiger partial charge >= 0.3 is 17.9 Å². The second-order valence-corrected chi connectivity index (χ2v) is 16.4. The third-order valence-electron chi connectivity index (χ3n) is 10.7. The molecule has 6 nitrogen and oxygen atoms in total. The summed E-state index contributed by atoms with van der Waals surface area (Å²) < 4.78 is 16.7. The van der Waals surface area contributed by atoms with Crippen molar-refractivity contribution < 1.29 is 28.6 Å². The number of allylic oxidation sites excluding steroid dienone is 4. The summed E-state index contributed by atoms with van der Waals surface area (Å²) in [6.45, 7) is 6.59. The van der Waals surface area contributed by atoms with E-state index in [4.69, 9.17) is 14.2 Å². The van der Waals surface area contributed by atoms with Gasteiger partial charge in [-0.15, -0.1) is 0 Å². The van der Waals surface area contributed by atoms with Gasteiger partial charge in [-0.3, -0.25) is 14.4 Å². The van der Waals surface area contributed by atoms with E-state index in [0.29, 0.717) is 19.3 Å². The molecule has 0 fully saturated rings. The lowest BCUT2D eigenvalue weighted by Crippen LogP contribution is -2.30. The largest absolute Gasteiger partial charge is 0.462 e. The van der Waals surface area contributed by atoms with Crippen molar-refractivity contribution in [2.45, 2.75) is 264 Å². The summed E-state index contributed by atoms with van der Waals surface area (Å²) >= 11 is 0. The Kier molecular flexibility index (Phi) is 43.9. The molecule has 0 amide bonds. The molecule has 6 heteroatoms. The van der Waals surface area contributed by atoms with E-state index in [1.54, 1.807) is 0 Å². The zero-order valence-electron chi connectivity index (χ0n) is 37.4. The van der Waals surface area contributed by atoms with Gasteiger partial charge in [0.15, 0.2) is 6.10 Å². The van der Waals surface area contributed by atoms with Gasteiger partial charge in [0.05, 0.1) is 0 Å². The van der Waals surface area contributed by atoms with Gasteiger partial charge in [-0.25, -0.2) is 0 Å². The fourth-order valence-electron chi connectivity index (χ4n) is 7.00. The highest BCUT2D eigenvalue weighted by atomic mass is 16.6.